The molecule has 0 fully saturated rings. The van der Waals surface area contributed by atoms with Crippen molar-refractivity contribution < 1.29 is 19.4 Å². The molecule has 0 aliphatic rings. The molecule has 1 rings (SSSR count). The van der Waals surface area contributed by atoms with Crippen molar-refractivity contribution in [1.82, 2.24) is 5.32 Å². The highest BCUT2D eigenvalue weighted by Gasteiger charge is 2.22. The van der Waals surface area contributed by atoms with Gasteiger partial charge < -0.3 is 15.2 Å². The van der Waals surface area contributed by atoms with Crippen LogP contribution in [0.2, 0.25) is 0 Å². The SMILES string of the molecule is COc1cccc(CNC(=O)CSC(C(=O)O)C(C)C)c1. The van der Waals surface area contributed by atoms with Gasteiger partial charge in [-0.3, -0.25) is 9.59 Å². The molecule has 116 valence electrons. The average Bonchev–Trinajstić information content (AvgIpc) is 2.44. The number of hydrogen-bond acceptors (Lipinski definition) is 4. The molecule has 0 saturated heterocycles. The number of rotatable bonds is 8. The number of carbonyl (C=O) groups is 2. The molecule has 5 nitrogen and oxygen atoms in total. The van der Waals surface area contributed by atoms with E-state index in [4.69, 9.17) is 9.84 Å². The van der Waals surface area contributed by atoms with E-state index >= 15 is 0 Å². The first-order valence-electron chi connectivity index (χ1n) is 6.68. The van der Waals surface area contributed by atoms with E-state index in [-0.39, 0.29) is 17.6 Å². The predicted octanol–water partition coefficient (Wildman–Crippen LogP) is 2.15. The summed E-state index contributed by atoms with van der Waals surface area (Å²) in [5, 5.41) is 11.3. The zero-order chi connectivity index (χ0) is 15.8. The summed E-state index contributed by atoms with van der Waals surface area (Å²) in [5.74, 6) is -0.190. The number of carboxylic acid groups (broad SMARTS) is 1. The topological polar surface area (TPSA) is 75.6 Å². The van der Waals surface area contributed by atoms with Crippen molar-refractivity contribution in [2.75, 3.05) is 12.9 Å². The number of aliphatic carboxylic acids is 1. The number of carboxylic acids is 1. The molecule has 1 aromatic rings. The van der Waals surface area contributed by atoms with Crippen molar-refractivity contribution >= 4 is 23.6 Å². The third kappa shape index (κ3) is 6.08. The minimum absolute atomic E-state index is 0.0151. The minimum Gasteiger partial charge on any atom is -0.497 e. The van der Waals surface area contributed by atoms with Crippen LogP contribution in [0, 0.1) is 5.92 Å². The van der Waals surface area contributed by atoms with E-state index in [1.165, 1.54) is 0 Å². The molecule has 0 bridgehead atoms. The first-order chi connectivity index (χ1) is 9.93. The van der Waals surface area contributed by atoms with Crippen LogP contribution in [0.1, 0.15) is 19.4 Å². The van der Waals surface area contributed by atoms with Crippen LogP contribution in [-0.2, 0) is 16.1 Å². The summed E-state index contributed by atoms with van der Waals surface area (Å²) in [5.41, 5.74) is 0.936. The normalized spacial score (nSPS) is 12.0. The summed E-state index contributed by atoms with van der Waals surface area (Å²) in [6.45, 7) is 4.07. The van der Waals surface area contributed by atoms with Gasteiger partial charge in [0.1, 0.15) is 11.0 Å². The van der Waals surface area contributed by atoms with Crippen LogP contribution in [0.3, 0.4) is 0 Å². The Labute approximate surface area is 129 Å². The number of benzene rings is 1. The van der Waals surface area contributed by atoms with E-state index in [9.17, 15) is 9.59 Å². The Balaban J connectivity index is 2.41. The van der Waals surface area contributed by atoms with Gasteiger partial charge in [-0.05, 0) is 23.6 Å². The van der Waals surface area contributed by atoms with Crippen LogP contribution in [0.15, 0.2) is 24.3 Å². The van der Waals surface area contributed by atoms with Crippen LogP contribution in [0.25, 0.3) is 0 Å². The molecule has 1 atom stereocenters. The van der Waals surface area contributed by atoms with Crippen molar-refractivity contribution in [3.8, 4) is 5.75 Å². The number of methoxy groups -OCH3 is 1. The van der Waals surface area contributed by atoms with Gasteiger partial charge in [0.2, 0.25) is 5.91 Å². The van der Waals surface area contributed by atoms with E-state index in [2.05, 4.69) is 5.32 Å². The van der Waals surface area contributed by atoms with Gasteiger partial charge in [-0.15, -0.1) is 11.8 Å². The number of amides is 1. The first-order valence-corrected chi connectivity index (χ1v) is 7.73. The van der Waals surface area contributed by atoms with E-state index in [1.54, 1.807) is 7.11 Å². The molecule has 1 amide bonds. The number of hydrogen-bond donors (Lipinski definition) is 2. The quantitative estimate of drug-likeness (QED) is 0.769. The van der Waals surface area contributed by atoms with Crippen molar-refractivity contribution in [3.05, 3.63) is 29.8 Å². The van der Waals surface area contributed by atoms with Gasteiger partial charge in [0.15, 0.2) is 0 Å². The highest BCUT2D eigenvalue weighted by molar-refractivity contribution is 8.01. The van der Waals surface area contributed by atoms with Gasteiger partial charge in [-0.25, -0.2) is 0 Å². The average molecular weight is 311 g/mol. The fourth-order valence-corrected chi connectivity index (χ4v) is 2.71. The maximum atomic E-state index is 11.8. The lowest BCUT2D eigenvalue weighted by Gasteiger charge is -2.15. The largest absolute Gasteiger partial charge is 0.497 e. The highest BCUT2D eigenvalue weighted by Crippen LogP contribution is 2.19. The first kappa shape index (κ1) is 17.4. The maximum Gasteiger partial charge on any atom is 0.316 e. The minimum atomic E-state index is -0.879. The molecule has 0 spiro atoms. The van der Waals surface area contributed by atoms with Crippen molar-refractivity contribution in [2.45, 2.75) is 25.6 Å². The molecule has 1 unspecified atom stereocenters. The van der Waals surface area contributed by atoms with Gasteiger partial charge in [0.05, 0.1) is 12.9 Å². The van der Waals surface area contributed by atoms with Gasteiger partial charge in [0, 0.05) is 6.54 Å². The van der Waals surface area contributed by atoms with E-state index in [1.807, 2.05) is 38.1 Å². The molecule has 2 N–H and O–H groups in total. The lowest BCUT2D eigenvalue weighted by molar-refractivity contribution is -0.137. The molecule has 1 aromatic carbocycles. The molecular weight excluding hydrogens is 290 g/mol. The zero-order valence-electron chi connectivity index (χ0n) is 12.5. The second-order valence-corrected chi connectivity index (χ2v) is 6.07. The van der Waals surface area contributed by atoms with Crippen LogP contribution in [0.5, 0.6) is 5.75 Å². The maximum absolute atomic E-state index is 11.8. The predicted molar refractivity (Wildman–Crippen MR) is 83.6 cm³/mol. The smallest absolute Gasteiger partial charge is 0.316 e. The monoisotopic (exact) mass is 311 g/mol. The molecule has 0 aromatic heterocycles. The van der Waals surface area contributed by atoms with Gasteiger partial charge in [-0.2, -0.15) is 0 Å². The summed E-state index contributed by atoms with van der Waals surface area (Å²) in [7, 11) is 1.59. The molecule has 6 heteroatoms. The Hall–Kier alpha value is -1.69. The number of carbonyl (C=O) groups excluding carboxylic acids is 1. The van der Waals surface area contributed by atoms with Crippen LogP contribution in [0.4, 0.5) is 0 Å². The van der Waals surface area contributed by atoms with E-state index in [0.717, 1.165) is 23.1 Å². The summed E-state index contributed by atoms with van der Waals surface area (Å²) in [6, 6.07) is 7.43. The summed E-state index contributed by atoms with van der Waals surface area (Å²) >= 11 is 1.15. The second kappa shape index (κ2) is 8.56. The number of ether oxygens (including phenoxy) is 1. The van der Waals surface area contributed by atoms with Gasteiger partial charge in [0.25, 0.3) is 0 Å². The third-order valence-electron chi connectivity index (χ3n) is 2.87. The van der Waals surface area contributed by atoms with E-state index < -0.39 is 11.2 Å². The Morgan fingerprint density at radius 2 is 2.10 bits per heavy atom. The molecule has 0 radical (unpaired) electrons. The lowest BCUT2D eigenvalue weighted by atomic mass is 10.1. The molecule has 0 saturated carbocycles. The fourth-order valence-electron chi connectivity index (χ4n) is 1.75. The summed E-state index contributed by atoms with van der Waals surface area (Å²) < 4.78 is 5.11. The second-order valence-electron chi connectivity index (χ2n) is 4.94. The zero-order valence-corrected chi connectivity index (χ0v) is 13.3. The van der Waals surface area contributed by atoms with Crippen molar-refractivity contribution in [3.63, 3.8) is 0 Å². The standard InChI is InChI=1S/C15H21NO4S/c1-10(2)14(15(18)19)21-9-13(17)16-8-11-5-4-6-12(7-11)20-3/h4-7,10,14H,8-9H2,1-3H3,(H,16,17)(H,18,19). The van der Waals surface area contributed by atoms with Crippen molar-refractivity contribution in [1.29, 1.82) is 0 Å². The summed E-state index contributed by atoms with van der Waals surface area (Å²) in [6.07, 6.45) is 0. The van der Waals surface area contributed by atoms with Crippen molar-refractivity contribution in [2.24, 2.45) is 5.92 Å². The fraction of sp³-hybridized carbons (Fsp3) is 0.467. The molecule has 0 heterocycles. The van der Waals surface area contributed by atoms with Gasteiger partial charge >= 0.3 is 5.97 Å². The lowest BCUT2D eigenvalue weighted by Crippen LogP contribution is -2.29. The molecule has 0 aliphatic heterocycles. The molecule has 21 heavy (non-hydrogen) atoms. The third-order valence-corrected chi connectivity index (χ3v) is 4.40. The van der Waals surface area contributed by atoms with Crippen LogP contribution in [-0.4, -0.2) is 35.1 Å². The Bertz CT molecular complexity index is 490. The van der Waals surface area contributed by atoms with E-state index in [0.29, 0.717) is 6.54 Å². The molecule has 0 aliphatic carbocycles. The Morgan fingerprint density at radius 3 is 2.67 bits per heavy atom. The van der Waals surface area contributed by atoms with Gasteiger partial charge in [-0.1, -0.05) is 26.0 Å². The number of thioether (sulfide) groups is 1. The summed E-state index contributed by atoms with van der Waals surface area (Å²) in [4.78, 5) is 22.8. The Morgan fingerprint density at radius 1 is 1.38 bits per heavy atom. The highest BCUT2D eigenvalue weighted by atomic mass is 32.2. The Kier molecular flexibility index (Phi) is 7.08. The number of nitrogens with one attached hydrogen (secondary N) is 1. The van der Waals surface area contributed by atoms with Crippen LogP contribution >= 0.6 is 11.8 Å². The molecular formula is C15H21NO4S. The van der Waals surface area contributed by atoms with Crippen LogP contribution < -0.4 is 10.1 Å².